The van der Waals surface area contributed by atoms with Gasteiger partial charge in [-0.1, -0.05) is 6.07 Å². The maximum absolute atomic E-state index is 12.6. The smallest absolute Gasteiger partial charge is 0.379 e. The van der Waals surface area contributed by atoms with E-state index in [-0.39, 0.29) is 0 Å². The van der Waals surface area contributed by atoms with Crippen molar-refractivity contribution in [3.63, 3.8) is 0 Å². The van der Waals surface area contributed by atoms with Crippen LogP contribution in [0.1, 0.15) is 17.0 Å². The Morgan fingerprint density at radius 3 is 2.60 bits per heavy atom. The summed E-state index contributed by atoms with van der Waals surface area (Å²) < 4.78 is 40.4. The number of rotatable bonds is 3. The minimum Gasteiger partial charge on any atom is -0.379 e. The number of benzene rings is 1. The minimum atomic E-state index is -4.33. The van der Waals surface area contributed by atoms with Crippen molar-refractivity contribution in [1.29, 1.82) is 0 Å². The van der Waals surface area contributed by atoms with E-state index in [0.29, 0.717) is 12.2 Å². The Hall–Kier alpha value is -1.50. The summed E-state index contributed by atoms with van der Waals surface area (Å²) in [6, 6.07) is 5.13. The number of hydrogen-bond donors (Lipinski definition) is 1. The second-order valence-corrected chi connectivity index (χ2v) is 5.19. The van der Waals surface area contributed by atoms with Crippen LogP contribution in [-0.4, -0.2) is 9.78 Å². The number of aryl methyl sites for hydroxylation is 2. The monoisotopic (exact) mass is 347 g/mol. The third kappa shape index (κ3) is 3.15. The molecule has 0 atom stereocenters. The van der Waals surface area contributed by atoms with E-state index >= 15 is 0 Å². The average molecular weight is 348 g/mol. The molecule has 1 heterocycles. The number of anilines is 1. The molecule has 1 aromatic heterocycles. The standard InChI is InChI=1S/C13H13BrF3N3/c1-8-12(14)11(20(2)19-8)7-18-10-5-3-4-9(6-10)13(15,16)17/h3-6,18H,7H2,1-2H3. The molecule has 0 aliphatic heterocycles. The zero-order valence-electron chi connectivity index (χ0n) is 10.9. The number of halogens is 4. The van der Waals surface area contributed by atoms with Crippen LogP contribution in [0.25, 0.3) is 0 Å². The fourth-order valence-electron chi connectivity index (χ4n) is 1.86. The van der Waals surface area contributed by atoms with Gasteiger partial charge in [-0.05, 0) is 41.1 Å². The van der Waals surface area contributed by atoms with Gasteiger partial charge < -0.3 is 5.32 Å². The maximum Gasteiger partial charge on any atom is 0.416 e. The second kappa shape index (κ2) is 5.47. The van der Waals surface area contributed by atoms with E-state index in [4.69, 9.17) is 0 Å². The number of alkyl halides is 3. The lowest BCUT2D eigenvalue weighted by Gasteiger charge is -2.11. The van der Waals surface area contributed by atoms with E-state index in [1.54, 1.807) is 17.8 Å². The minimum absolute atomic E-state index is 0.388. The van der Waals surface area contributed by atoms with Gasteiger partial charge in [0.25, 0.3) is 0 Å². The molecule has 2 rings (SSSR count). The molecule has 0 saturated heterocycles. The Kier molecular flexibility index (Phi) is 4.08. The van der Waals surface area contributed by atoms with Crippen LogP contribution in [0.4, 0.5) is 18.9 Å². The highest BCUT2D eigenvalue weighted by atomic mass is 79.9. The van der Waals surface area contributed by atoms with Crippen molar-refractivity contribution >= 4 is 21.6 Å². The van der Waals surface area contributed by atoms with Gasteiger partial charge in [0.15, 0.2) is 0 Å². The van der Waals surface area contributed by atoms with Crippen molar-refractivity contribution in [1.82, 2.24) is 9.78 Å². The number of aromatic nitrogens is 2. The van der Waals surface area contributed by atoms with Crippen LogP contribution in [0.15, 0.2) is 28.7 Å². The largest absolute Gasteiger partial charge is 0.416 e. The van der Waals surface area contributed by atoms with Crippen LogP contribution >= 0.6 is 15.9 Å². The van der Waals surface area contributed by atoms with Crippen molar-refractivity contribution < 1.29 is 13.2 Å². The Morgan fingerprint density at radius 2 is 2.05 bits per heavy atom. The molecule has 3 nitrogen and oxygen atoms in total. The summed E-state index contributed by atoms with van der Waals surface area (Å²) in [4.78, 5) is 0. The SMILES string of the molecule is Cc1nn(C)c(CNc2cccc(C(F)(F)F)c2)c1Br. The van der Waals surface area contributed by atoms with E-state index in [1.807, 2.05) is 6.92 Å². The second-order valence-electron chi connectivity index (χ2n) is 4.40. The fourth-order valence-corrected chi connectivity index (χ4v) is 2.34. The Balaban J connectivity index is 2.15. The van der Waals surface area contributed by atoms with Gasteiger partial charge in [0.1, 0.15) is 0 Å². The summed E-state index contributed by atoms with van der Waals surface area (Å²) in [6.07, 6.45) is -4.33. The average Bonchev–Trinajstić information content (AvgIpc) is 2.61. The van der Waals surface area contributed by atoms with Crippen LogP contribution in [0.3, 0.4) is 0 Å². The first kappa shape index (κ1) is 14.9. The van der Waals surface area contributed by atoms with Crippen LogP contribution < -0.4 is 5.32 Å². The quantitative estimate of drug-likeness (QED) is 0.904. The van der Waals surface area contributed by atoms with Gasteiger partial charge in [-0.3, -0.25) is 4.68 Å². The zero-order valence-corrected chi connectivity index (χ0v) is 12.5. The van der Waals surface area contributed by atoms with E-state index in [2.05, 4.69) is 26.3 Å². The lowest BCUT2D eigenvalue weighted by Crippen LogP contribution is -2.08. The van der Waals surface area contributed by atoms with Gasteiger partial charge in [0, 0.05) is 12.7 Å². The van der Waals surface area contributed by atoms with Gasteiger partial charge >= 0.3 is 6.18 Å². The number of nitrogens with one attached hydrogen (secondary N) is 1. The normalized spacial score (nSPS) is 11.7. The Bertz CT molecular complexity index is 620. The van der Waals surface area contributed by atoms with Gasteiger partial charge in [-0.15, -0.1) is 0 Å². The van der Waals surface area contributed by atoms with E-state index in [9.17, 15) is 13.2 Å². The highest BCUT2D eigenvalue weighted by Crippen LogP contribution is 2.31. The van der Waals surface area contributed by atoms with Crippen LogP contribution in [0.2, 0.25) is 0 Å². The van der Waals surface area contributed by atoms with Gasteiger partial charge in [0.05, 0.1) is 28.0 Å². The molecule has 0 bridgehead atoms. The fraction of sp³-hybridized carbons (Fsp3) is 0.308. The molecule has 0 unspecified atom stereocenters. The molecule has 20 heavy (non-hydrogen) atoms. The molecule has 0 aliphatic rings. The predicted octanol–water partition coefficient (Wildman–Crippen LogP) is 4.12. The molecule has 0 radical (unpaired) electrons. The molecule has 0 saturated carbocycles. The summed E-state index contributed by atoms with van der Waals surface area (Å²) in [5.41, 5.74) is 1.47. The first-order chi connectivity index (χ1) is 9.29. The summed E-state index contributed by atoms with van der Waals surface area (Å²) in [5, 5.41) is 7.21. The number of hydrogen-bond acceptors (Lipinski definition) is 2. The molecule has 0 amide bonds. The molecular formula is C13H13BrF3N3. The molecule has 0 aliphatic carbocycles. The molecule has 1 aromatic carbocycles. The third-order valence-electron chi connectivity index (χ3n) is 2.91. The summed E-state index contributed by atoms with van der Waals surface area (Å²) >= 11 is 3.42. The molecule has 7 heteroatoms. The number of nitrogens with zero attached hydrogens (tertiary/aromatic N) is 2. The summed E-state index contributed by atoms with van der Waals surface area (Å²) in [5.74, 6) is 0. The first-order valence-corrected chi connectivity index (χ1v) is 6.67. The lowest BCUT2D eigenvalue weighted by molar-refractivity contribution is -0.137. The first-order valence-electron chi connectivity index (χ1n) is 5.88. The van der Waals surface area contributed by atoms with Gasteiger partial charge in [-0.2, -0.15) is 18.3 Å². The van der Waals surface area contributed by atoms with Crippen molar-refractivity contribution in [3.05, 3.63) is 45.7 Å². The molecule has 1 N–H and O–H groups in total. The lowest BCUT2D eigenvalue weighted by atomic mass is 10.2. The van der Waals surface area contributed by atoms with E-state index in [1.165, 1.54) is 6.07 Å². The van der Waals surface area contributed by atoms with Crippen molar-refractivity contribution in [3.8, 4) is 0 Å². The predicted molar refractivity (Wildman–Crippen MR) is 74.4 cm³/mol. The van der Waals surface area contributed by atoms with Gasteiger partial charge in [-0.25, -0.2) is 0 Å². The highest BCUT2D eigenvalue weighted by molar-refractivity contribution is 9.10. The highest BCUT2D eigenvalue weighted by Gasteiger charge is 2.30. The van der Waals surface area contributed by atoms with Crippen LogP contribution in [-0.2, 0) is 19.8 Å². The molecule has 2 aromatic rings. The van der Waals surface area contributed by atoms with Crippen molar-refractivity contribution in [2.75, 3.05) is 5.32 Å². The zero-order chi connectivity index (χ0) is 14.9. The van der Waals surface area contributed by atoms with Crippen molar-refractivity contribution in [2.24, 2.45) is 7.05 Å². The molecule has 108 valence electrons. The summed E-state index contributed by atoms with van der Waals surface area (Å²) in [7, 11) is 1.79. The molecule has 0 fully saturated rings. The van der Waals surface area contributed by atoms with Crippen LogP contribution in [0.5, 0.6) is 0 Å². The Labute approximate surface area is 122 Å². The van der Waals surface area contributed by atoms with E-state index < -0.39 is 11.7 Å². The topological polar surface area (TPSA) is 29.9 Å². The molecule has 0 spiro atoms. The van der Waals surface area contributed by atoms with Gasteiger partial charge in [0.2, 0.25) is 0 Å². The Morgan fingerprint density at radius 1 is 1.35 bits per heavy atom. The summed E-state index contributed by atoms with van der Waals surface area (Å²) in [6.45, 7) is 2.25. The third-order valence-corrected chi connectivity index (χ3v) is 3.94. The van der Waals surface area contributed by atoms with Crippen LogP contribution in [0, 0.1) is 6.92 Å². The molecular weight excluding hydrogens is 335 g/mol. The van der Waals surface area contributed by atoms with Crippen molar-refractivity contribution in [2.45, 2.75) is 19.6 Å². The van der Waals surface area contributed by atoms with E-state index in [0.717, 1.165) is 28.0 Å². The maximum atomic E-state index is 12.6.